The summed E-state index contributed by atoms with van der Waals surface area (Å²) >= 11 is 1.44. The second kappa shape index (κ2) is 4.23. The van der Waals surface area contributed by atoms with E-state index in [0.717, 1.165) is 12.8 Å². The van der Waals surface area contributed by atoms with Gasteiger partial charge in [-0.2, -0.15) is 4.98 Å². The fraction of sp³-hybridized carbons (Fsp3) is 0.462. The van der Waals surface area contributed by atoms with Crippen molar-refractivity contribution in [3.63, 3.8) is 0 Å². The Bertz CT molecular complexity index is 707. The third kappa shape index (κ3) is 2.20. The third-order valence-corrected chi connectivity index (χ3v) is 3.90. The van der Waals surface area contributed by atoms with Crippen LogP contribution in [0.5, 0.6) is 5.88 Å². The predicted molar refractivity (Wildman–Crippen MR) is 74.8 cm³/mol. The van der Waals surface area contributed by atoms with Gasteiger partial charge >= 0.3 is 0 Å². The molecule has 2 heterocycles. The third-order valence-electron chi connectivity index (χ3n) is 3.35. The predicted octanol–water partition coefficient (Wildman–Crippen LogP) is 1.98. The molecule has 0 saturated heterocycles. The van der Waals surface area contributed by atoms with Gasteiger partial charge in [0.05, 0.1) is 5.52 Å². The van der Waals surface area contributed by atoms with Gasteiger partial charge in [-0.25, -0.2) is 4.98 Å². The van der Waals surface area contributed by atoms with Gasteiger partial charge in [0.15, 0.2) is 5.16 Å². The van der Waals surface area contributed by atoms with Gasteiger partial charge in [-0.3, -0.25) is 4.79 Å². The first-order valence-electron chi connectivity index (χ1n) is 6.13. The van der Waals surface area contributed by atoms with E-state index >= 15 is 0 Å². The summed E-state index contributed by atoms with van der Waals surface area (Å²) in [5, 5.41) is 1.09. The summed E-state index contributed by atoms with van der Waals surface area (Å²) in [5.41, 5.74) is 0.351. The zero-order valence-corrected chi connectivity index (χ0v) is 12.0. The minimum Gasteiger partial charge on any atom is -0.471 e. The van der Waals surface area contributed by atoms with E-state index < -0.39 is 0 Å². The van der Waals surface area contributed by atoms with E-state index in [2.05, 4.69) is 9.97 Å². The van der Waals surface area contributed by atoms with Crippen LogP contribution in [0, 0.1) is 0 Å². The fourth-order valence-electron chi connectivity index (χ4n) is 1.86. The maximum atomic E-state index is 12.3. The fourth-order valence-corrected chi connectivity index (χ4v) is 2.22. The number of aromatic nitrogens is 3. The number of nitrogens with zero attached hydrogens (tertiary/aromatic N) is 3. The van der Waals surface area contributed by atoms with E-state index in [-0.39, 0.29) is 11.2 Å². The van der Waals surface area contributed by atoms with E-state index in [1.54, 1.807) is 13.2 Å². The highest BCUT2D eigenvalue weighted by molar-refractivity contribution is 7.98. The van der Waals surface area contributed by atoms with E-state index in [0.29, 0.717) is 21.9 Å². The molecule has 2 aromatic heterocycles. The maximum Gasteiger partial charge on any atom is 0.265 e. The topological polar surface area (TPSA) is 57.0 Å². The molecule has 1 aliphatic rings. The van der Waals surface area contributed by atoms with Gasteiger partial charge in [0.1, 0.15) is 11.0 Å². The molecular formula is C13H15N3O2S. The number of hydrogen-bond acceptors (Lipinski definition) is 5. The molecule has 0 unspecified atom stereocenters. The number of pyridine rings is 1. The lowest BCUT2D eigenvalue weighted by Gasteiger charge is -2.14. The molecule has 5 nitrogen and oxygen atoms in total. The van der Waals surface area contributed by atoms with E-state index in [4.69, 9.17) is 4.74 Å². The SMILES string of the molecule is CSc1nc(OC2(C)CC2)c2c(=O)n(C)ccc2n1. The van der Waals surface area contributed by atoms with Gasteiger partial charge in [0, 0.05) is 13.2 Å². The number of rotatable bonds is 3. The Kier molecular flexibility index (Phi) is 2.78. The molecule has 0 bridgehead atoms. The Balaban J connectivity index is 2.26. The summed E-state index contributed by atoms with van der Waals surface area (Å²) in [5.74, 6) is 0.413. The molecule has 6 heteroatoms. The van der Waals surface area contributed by atoms with Gasteiger partial charge in [-0.15, -0.1) is 0 Å². The first kappa shape index (κ1) is 12.5. The van der Waals surface area contributed by atoms with E-state index in [9.17, 15) is 4.79 Å². The van der Waals surface area contributed by atoms with Crippen LogP contribution in [-0.4, -0.2) is 26.4 Å². The minimum absolute atomic E-state index is 0.121. The molecule has 1 aliphatic carbocycles. The maximum absolute atomic E-state index is 12.3. The smallest absolute Gasteiger partial charge is 0.265 e. The van der Waals surface area contributed by atoms with E-state index in [1.807, 2.05) is 19.2 Å². The molecule has 19 heavy (non-hydrogen) atoms. The van der Waals surface area contributed by atoms with Gasteiger partial charge in [0.25, 0.3) is 5.56 Å². The van der Waals surface area contributed by atoms with Crippen molar-refractivity contribution >= 4 is 22.7 Å². The first-order chi connectivity index (χ1) is 9.02. The molecule has 0 spiro atoms. The summed E-state index contributed by atoms with van der Waals surface area (Å²) < 4.78 is 7.45. The van der Waals surface area contributed by atoms with Crippen LogP contribution in [0.15, 0.2) is 22.2 Å². The van der Waals surface area contributed by atoms with Gasteiger partial charge in [-0.05, 0) is 32.1 Å². The van der Waals surface area contributed by atoms with Gasteiger partial charge in [-0.1, -0.05) is 11.8 Å². The molecule has 0 aromatic carbocycles. The lowest BCUT2D eigenvalue weighted by molar-refractivity contribution is 0.193. The van der Waals surface area contributed by atoms with Crippen molar-refractivity contribution in [1.82, 2.24) is 14.5 Å². The van der Waals surface area contributed by atoms with Crippen LogP contribution >= 0.6 is 11.8 Å². The van der Waals surface area contributed by atoms with Crippen LogP contribution in [-0.2, 0) is 7.05 Å². The van der Waals surface area contributed by atoms with Crippen LogP contribution in [0.4, 0.5) is 0 Å². The van der Waals surface area contributed by atoms with Crippen LogP contribution in [0.2, 0.25) is 0 Å². The number of hydrogen-bond donors (Lipinski definition) is 0. The van der Waals surface area contributed by atoms with Crippen molar-refractivity contribution in [3.8, 4) is 5.88 Å². The standard InChI is InChI=1S/C13H15N3O2S/c1-13(5-6-13)18-10-9-8(14-12(15-10)19-3)4-7-16(2)11(9)17/h4,7H,5-6H2,1-3H3. The number of ether oxygens (including phenoxy) is 1. The van der Waals surface area contributed by atoms with Crippen molar-refractivity contribution in [2.45, 2.75) is 30.5 Å². The lowest BCUT2D eigenvalue weighted by Crippen LogP contribution is -2.20. The van der Waals surface area contributed by atoms with Crippen molar-refractivity contribution in [2.75, 3.05) is 6.26 Å². The summed E-state index contributed by atoms with van der Waals surface area (Å²) in [6.45, 7) is 2.03. The summed E-state index contributed by atoms with van der Waals surface area (Å²) in [4.78, 5) is 21.0. The first-order valence-corrected chi connectivity index (χ1v) is 7.35. The highest BCUT2D eigenvalue weighted by atomic mass is 32.2. The largest absolute Gasteiger partial charge is 0.471 e. The second-order valence-electron chi connectivity index (χ2n) is 5.06. The quantitative estimate of drug-likeness (QED) is 0.634. The highest BCUT2D eigenvalue weighted by Crippen LogP contribution is 2.40. The molecule has 0 radical (unpaired) electrons. The van der Waals surface area contributed by atoms with Crippen molar-refractivity contribution in [1.29, 1.82) is 0 Å². The number of fused-ring (bicyclic) bond motifs is 1. The molecule has 0 amide bonds. The summed E-state index contributed by atoms with van der Waals surface area (Å²) in [6, 6.07) is 1.82. The Morgan fingerprint density at radius 1 is 1.42 bits per heavy atom. The average molecular weight is 277 g/mol. The Morgan fingerprint density at radius 3 is 2.79 bits per heavy atom. The monoisotopic (exact) mass is 277 g/mol. The van der Waals surface area contributed by atoms with Gasteiger partial charge in [0.2, 0.25) is 5.88 Å². The summed E-state index contributed by atoms with van der Waals surface area (Å²) in [7, 11) is 1.72. The van der Waals surface area contributed by atoms with E-state index in [1.165, 1.54) is 16.3 Å². The Hall–Kier alpha value is -1.56. The Morgan fingerprint density at radius 2 is 2.16 bits per heavy atom. The lowest BCUT2D eigenvalue weighted by atomic mass is 10.3. The van der Waals surface area contributed by atoms with Crippen molar-refractivity contribution < 1.29 is 4.74 Å². The normalized spacial score (nSPS) is 16.6. The minimum atomic E-state index is -0.169. The summed E-state index contributed by atoms with van der Waals surface area (Å²) in [6.07, 6.45) is 5.62. The molecule has 1 fully saturated rings. The molecule has 2 aromatic rings. The van der Waals surface area contributed by atoms with Crippen LogP contribution in [0.1, 0.15) is 19.8 Å². The molecule has 3 rings (SSSR count). The second-order valence-corrected chi connectivity index (χ2v) is 5.83. The molecular weight excluding hydrogens is 262 g/mol. The molecule has 0 aliphatic heterocycles. The average Bonchev–Trinajstić information content (AvgIpc) is 3.11. The Labute approximate surface area is 115 Å². The molecule has 0 atom stereocenters. The zero-order valence-electron chi connectivity index (χ0n) is 11.1. The zero-order chi connectivity index (χ0) is 13.6. The van der Waals surface area contributed by atoms with Crippen LogP contribution < -0.4 is 10.3 Å². The molecule has 100 valence electrons. The van der Waals surface area contributed by atoms with Crippen LogP contribution in [0.3, 0.4) is 0 Å². The van der Waals surface area contributed by atoms with Crippen LogP contribution in [0.25, 0.3) is 10.9 Å². The van der Waals surface area contributed by atoms with Crippen molar-refractivity contribution in [3.05, 3.63) is 22.6 Å². The van der Waals surface area contributed by atoms with Crippen molar-refractivity contribution in [2.24, 2.45) is 7.05 Å². The van der Waals surface area contributed by atoms with Gasteiger partial charge < -0.3 is 9.30 Å². The number of thioether (sulfide) groups is 1. The molecule has 1 saturated carbocycles. The number of aryl methyl sites for hydroxylation is 1. The highest BCUT2D eigenvalue weighted by Gasteiger charge is 2.41. The molecule has 0 N–H and O–H groups in total.